The highest BCUT2D eigenvalue weighted by atomic mass is 35.5. The van der Waals surface area contributed by atoms with Crippen molar-refractivity contribution in [3.05, 3.63) is 0 Å². The molecule has 0 spiro atoms. The lowest BCUT2D eigenvalue weighted by Gasteiger charge is -2.22. The molecule has 0 aromatic rings. The van der Waals surface area contributed by atoms with Gasteiger partial charge in [0.05, 0.1) is 5.71 Å². The summed E-state index contributed by atoms with van der Waals surface area (Å²) in [5.41, 5.74) is -0.365. The molecule has 1 heterocycles. The van der Waals surface area contributed by atoms with E-state index in [0.717, 1.165) is 0 Å². The van der Waals surface area contributed by atoms with Crippen molar-refractivity contribution in [2.45, 2.75) is 26.4 Å². The molecule has 1 atom stereocenters. The molecule has 1 rings (SSSR count). The Bertz CT molecular complexity index is 265. The predicted molar refractivity (Wildman–Crippen MR) is 46.6 cm³/mol. The number of halogens is 1. The molecule has 0 amide bonds. The fourth-order valence-corrected chi connectivity index (χ4v) is 1.08. The summed E-state index contributed by atoms with van der Waals surface area (Å²) in [4.78, 5) is 10.7. The monoisotopic (exact) mass is 188 g/mol. The second-order valence-electron chi connectivity index (χ2n) is 2.70. The summed E-state index contributed by atoms with van der Waals surface area (Å²) in [5, 5.41) is 7.53. The standard InChI is InChI=1S/C7H9ClN2O2/c1-4-7(3,12-5(2)11)6(8)10-9-4/h1-3H3. The van der Waals surface area contributed by atoms with E-state index in [2.05, 4.69) is 10.2 Å². The number of rotatable bonds is 1. The lowest BCUT2D eigenvalue weighted by atomic mass is 10.0. The maximum absolute atomic E-state index is 10.7. The molecular weight excluding hydrogens is 180 g/mol. The van der Waals surface area contributed by atoms with Gasteiger partial charge in [-0.3, -0.25) is 4.79 Å². The number of carbonyl (C=O) groups is 1. The van der Waals surface area contributed by atoms with E-state index in [1.807, 2.05) is 0 Å². The van der Waals surface area contributed by atoms with Crippen molar-refractivity contribution in [2.24, 2.45) is 10.2 Å². The minimum absolute atomic E-state index is 0.190. The first-order chi connectivity index (χ1) is 5.47. The molecule has 0 fully saturated rings. The van der Waals surface area contributed by atoms with E-state index in [1.54, 1.807) is 13.8 Å². The molecule has 0 saturated carbocycles. The van der Waals surface area contributed by atoms with Crippen molar-refractivity contribution in [3.63, 3.8) is 0 Å². The van der Waals surface area contributed by atoms with Crippen LogP contribution >= 0.6 is 11.6 Å². The van der Waals surface area contributed by atoms with E-state index in [0.29, 0.717) is 5.71 Å². The normalized spacial score (nSPS) is 28.0. The Morgan fingerprint density at radius 1 is 1.58 bits per heavy atom. The molecule has 1 aliphatic heterocycles. The van der Waals surface area contributed by atoms with E-state index in [1.165, 1.54) is 6.92 Å². The van der Waals surface area contributed by atoms with Gasteiger partial charge in [0.1, 0.15) is 0 Å². The molecule has 1 aliphatic rings. The second kappa shape index (κ2) is 2.86. The molecule has 0 aromatic heterocycles. The van der Waals surface area contributed by atoms with Crippen LogP contribution in [0, 0.1) is 0 Å². The van der Waals surface area contributed by atoms with Crippen LogP contribution in [-0.4, -0.2) is 22.5 Å². The van der Waals surface area contributed by atoms with E-state index in [-0.39, 0.29) is 5.17 Å². The van der Waals surface area contributed by atoms with Crippen molar-refractivity contribution < 1.29 is 9.53 Å². The van der Waals surface area contributed by atoms with Gasteiger partial charge < -0.3 is 4.74 Å². The Labute approximate surface area is 75.3 Å². The molecule has 4 nitrogen and oxygen atoms in total. The topological polar surface area (TPSA) is 51.0 Å². The van der Waals surface area contributed by atoms with Gasteiger partial charge in [0, 0.05) is 6.92 Å². The van der Waals surface area contributed by atoms with Crippen LogP contribution in [0.4, 0.5) is 0 Å². The van der Waals surface area contributed by atoms with Crippen molar-refractivity contribution in [1.29, 1.82) is 0 Å². The number of nitrogens with zero attached hydrogens (tertiary/aromatic N) is 2. The van der Waals surface area contributed by atoms with Crippen LogP contribution < -0.4 is 0 Å². The Morgan fingerprint density at radius 2 is 2.17 bits per heavy atom. The third-order valence-corrected chi connectivity index (χ3v) is 2.16. The Balaban J connectivity index is 2.90. The fraction of sp³-hybridized carbons (Fsp3) is 0.571. The smallest absolute Gasteiger partial charge is 0.303 e. The van der Waals surface area contributed by atoms with Gasteiger partial charge >= 0.3 is 5.97 Å². The van der Waals surface area contributed by atoms with Gasteiger partial charge in [0.2, 0.25) is 5.60 Å². The van der Waals surface area contributed by atoms with E-state index in [4.69, 9.17) is 16.3 Å². The van der Waals surface area contributed by atoms with Gasteiger partial charge in [-0.25, -0.2) is 0 Å². The van der Waals surface area contributed by atoms with Crippen molar-refractivity contribution in [3.8, 4) is 0 Å². The van der Waals surface area contributed by atoms with Crippen LogP contribution in [0.5, 0.6) is 0 Å². The molecule has 0 saturated heterocycles. The molecule has 0 N–H and O–H groups in total. The Morgan fingerprint density at radius 3 is 2.50 bits per heavy atom. The van der Waals surface area contributed by atoms with Gasteiger partial charge in [0.15, 0.2) is 5.17 Å². The third kappa shape index (κ3) is 1.34. The molecule has 0 radical (unpaired) electrons. The number of hydrogen-bond acceptors (Lipinski definition) is 4. The summed E-state index contributed by atoms with van der Waals surface area (Å²) >= 11 is 5.72. The Hall–Kier alpha value is -0.900. The largest absolute Gasteiger partial charge is 0.446 e. The van der Waals surface area contributed by atoms with E-state index < -0.39 is 11.6 Å². The molecule has 1 unspecified atom stereocenters. The van der Waals surface area contributed by atoms with Crippen LogP contribution in [-0.2, 0) is 9.53 Å². The molecule has 5 heteroatoms. The van der Waals surface area contributed by atoms with Crippen LogP contribution in [0.1, 0.15) is 20.8 Å². The minimum Gasteiger partial charge on any atom is -0.446 e. The average molecular weight is 189 g/mol. The van der Waals surface area contributed by atoms with Gasteiger partial charge in [-0.1, -0.05) is 11.6 Å². The molecular formula is C7H9ClN2O2. The second-order valence-corrected chi connectivity index (χ2v) is 3.06. The first-order valence-electron chi connectivity index (χ1n) is 3.45. The first kappa shape index (κ1) is 9.19. The molecule has 0 aliphatic carbocycles. The van der Waals surface area contributed by atoms with Gasteiger partial charge in [-0.2, -0.15) is 5.10 Å². The lowest BCUT2D eigenvalue weighted by molar-refractivity contribution is -0.145. The van der Waals surface area contributed by atoms with Crippen molar-refractivity contribution in [2.75, 3.05) is 0 Å². The maximum Gasteiger partial charge on any atom is 0.303 e. The molecule has 66 valence electrons. The molecule has 0 bridgehead atoms. The van der Waals surface area contributed by atoms with Crippen LogP contribution in [0.2, 0.25) is 0 Å². The summed E-state index contributed by atoms with van der Waals surface area (Å²) < 4.78 is 4.99. The number of ether oxygens (including phenoxy) is 1. The highest BCUT2D eigenvalue weighted by Crippen LogP contribution is 2.23. The predicted octanol–water partition coefficient (Wildman–Crippen LogP) is 1.33. The van der Waals surface area contributed by atoms with Crippen LogP contribution in [0.25, 0.3) is 0 Å². The van der Waals surface area contributed by atoms with Crippen LogP contribution in [0.15, 0.2) is 10.2 Å². The maximum atomic E-state index is 10.7. The number of esters is 1. The summed E-state index contributed by atoms with van der Waals surface area (Å²) in [7, 11) is 0. The zero-order valence-corrected chi connectivity index (χ0v) is 7.84. The highest BCUT2D eigenvalue weighted by molar-refractivity contribution is 6.70. The fourth-order valence-electron chi connectivity index (χ4n) is 0.862. The SMILES string of the molecule is CC(=O)OC1(C)C(C)=NN=C1Cl. The van der Waals surface area contributed by atoms with Gasteiger partial charge in [-0.05, 0) is 13.8 Å². The lowest BCUT2D eigenvalue weighted by Crippen LogP contribution is -2.41. The summed E-state index contributed by atoms with van der Waals surface area (Å²) in [6, 6.07) is 0. The van der Waals surface area contributed by atoms with Crippen LogP contribution in [0.3, 0.4) is 0 Å². The average Bonchev–Trinajstić information content (AvgIpc) is 2.16. The first-order valence-corrected chi connectivity index (χ1v) is 3.83. The number of hydrogen-bond donors (Lipinski definition) is 0. The van der Waals surface area contributed by atoms with Gasteiger partial charge in [0.25, 0.3) is 0 Å². The quantitative estimate of drug-likeness (QED) is 0.583. The zero-order chi connectivity index (χ0) is 9.35. The highest BCUT2D eigenvalue weighted by Gasteiger charge is 2.40. The van der Waals surface area contributed by atoms with Crippen molar-refractivity contribution >= 4 is 28.5 Å². The minimum atomic E-state index is -0.951. The molecule has 12 heavy (non-hydrogen) atoms. The number of carbonyl (C=O) groups excluding carboxylic acids is 1. The third-order valence-electron chi connectivity index (χ3n) is 1.72. The summed E-state index contributed by atoms with van der Waals surface area (Å²) in [6.07, 6.45) is 0. The summed E-state index contributed by atoms with van der Waals surface area (Å²) in [6.45, 7) is 4.69. The molecule has 0 aromatic carbocycles. The van der Waals surface area contributed by atoms with Gasteiger partial charge in [-0.15, -0.1) is 5.10 Å². The Kier molecular flexibility index (Phi) is 2.19. The van der Waals surface area contributed by atoms with E-state index >= 15 is 0 Å². The van der Waals surface area contributed by atoms with Crippen molar-refractivity contribution in [1.82, 2.24) is 0 Å². The van der Waals surface area contributed by atoms with E-state index in [9.17, 15) is 4.79 Å². The summed E-state index contributed by atoms with van der Waals surface area (Å²) in [5.74, 6) is -0.401. The zero-order valence-electron chi connectivity index (χ0n) is 7.09.